The quantitative estimate of drug-likeness (QED) is 0.691. The van der Waals surface area contributed by atoms with Crippen LogP contribution in [0.25, 0.3) is 0 Å². The van der Waals surface area contributed by atoms with Crippen molar-refractivity contribution >= 4 is 39.2 Å². The summed E-state index contributed by atoms with van der Waals surface area (Å²) < 4.78 is 32.2. The average molecular weight is 404 g/mol. The van der Waals surface area contributed by atoms with E-state index in [0.717, 1.165) is 6.07 Å². The van der Waals surface area contributed by atoms with Gasteiger partial charge in [0.25, 0.3) is 0 Å². The molecule has 0 radical (unpaired) electrons. The Morgan fingerprint density at radius 1 is 1.16 bits per heavy atom. The van der Waals surface area contributed by atoms with E-state index in [4.69, 9.17) is 33.0 Å². The predicted molar refractivity (Wildman–Crippen MR) is 95.3 cm³/mol. The van der Waals surface area contributed by atoms with Crippen LogP contribution in [0.1, 0.15) is 15.9 Å². The summed E-state index contributed by atoms with van der Waals surface area (Å²) in [6, 6.07) is 8.58. The molecule has 0 aliphatic heterocycles. The number of benzene rings is 2. The SMILES string of the molecule is Cc1ccc(S(=O)(=O)NCCOc2cc(Cl)cc(Cl)c2)cc1C(=O)O. The molecule has 0 saturated carbocycles. The van der Waals surface area contributed by atoms with Crippen LogP contribution in [0.15, 0.2) is 41.3 Å². The molecular weight excluding hydrogens is 389 g/mol. The minimum Gasteiger partial charge on any atom is -0.492 e. The van der Waals surface area contributed by atoms with Crippen LogP contribution in [0.2, 0.25) is 10.0 Å². The number of carboxylic acid groups (broad SMARTS) is 1. The molecule has 0 aromatic heterocycles. The van der Waals surface area contributed by atoms with E-state index in [9.17, 15) is 13.2 Å². The average Bonchev–Trinajstić information content (AvgIpc) is 2.50. The van der Waals surface area contributed by atoms with Crippen LogP contribution in [-0.2, 0) is 10.0 Å². The van der Waals surface area contributed by atoms with Crippen molar-refractivity contribution in [2.75, 3.05) is 13.2 Å². The number of aryl methyl sites for hydroxylation is 1. The van der Waals surface area contributed by atoms with Crippen molar-refractivity contribution in [3.8, 4) is 5.75 Å². The van der Waals surface area contributed by atoms with Gasteiger partial charge in [-0.1, -0.05) is 29.3 Å². The molecule has 9 heteroatoms. The summed E-state index contributed by atoms with van der Waals surface area (Å²) in [6.45, 7) is 1.63. The molecule has 2 aromatic carbocycles. The van der Waals surface area contributed by atoms with Gasteiger partial charge in [0.2, 0.25) is 10.0 Å². The highest BCUT2D eigenvalue weighted by molar-refractivity contribution is 7.89. The fourth-order valence-electron chi connectivity index (χ4n) is 2.04. The van der Waals surface area contributed by atoms with E-state index >= 15 is 0 Å². The van der Waals surface area contributed by atoms with E-state index in [1.54, 1.807) is 25.1 Å². The van der Waals surface area contributed by atoms with Crippen molar-refractivity contribution in [1.29, 1.82) is 0 Å². The first-order chi connectivity index (χ1) is 11.7. The molecule has 2 aromatic rings. The second kappa shape index (κ2) is 8.05. The molecular formula is C16H15Cl2NO5S. The molecule has 2 N–H and O–H groups in total. The van der Waals surface area contributed by atoms with Gasteiger partial charge in [0.15, 0.2) is 0 Å². The van der Waals surface area contributed by atoms with Gasteiger partial charge in [0.05, 0.1) is 10.5 Å². The van der Waals surface area contributed by atoms with Crippen LogP contribution in [-0.4, -0.2) is 32.6 Å². The Labute approximate surface area is 155 Å². The van der Waals surface area contributed by atoms with Crippen molar-refractivity contribution in [1.82, 2.24) is 4.72 Å². The molecule has 0 aliphatic rings. The normalized spacial score (nSPS) is 11.3. The Bertz CT molecular complexity index is 879. The standard InChI is InChI=1S/C16H15Cl2NO5S/c1-10-2-3-14(9-15(10)16(20)21)25(22,23)19-4-5-24-13-7-11(17)6-12(18)8-13/h2-3,6-9,19H,4-5H2,1H3,(H,20,21). The molecule has 6 nitrogen and oxygen atoms in total. The predicted octanol–water partition coefficient (Wildman–Crippen LogP) is 3.36. The highest BCUT2D eigenvalue weighted by atomic mass is 35.5. The fourth-order valence-corrected chi connectivity index (χ4v) is 3.58. The lowest BCUT2D eigenvalue weighted by atomic mass is 10.1. The minimum absolute atomic E-state index is 0.0112. The third-order valence-electron chi connectivity index (χ3n) is 3.25. The number of carbonyl (C=O) groups is 1. The van der Waals surface area contributed by atoms with Gasteiger partial charge < -0.3 is 9.84 Å². The first-order valence-electron chi connectivity index (χ1n) is 7.11. The van der Waals surface area contributed by atoms with Gasteiger partial charge >= 0.3 is 5.97 Å². The van der Waals surface area contributed by atoms with Gasteiger partial charge in [-0.2, -0.15) is 0 Å². The van der Waals surface area contributed by atoms with Crippen LogP contribution >= 0.6 is 23.2 Å². The zero-order chi connectivity index (χ0) is 18.6. The van der Waals surface area contributed by atoms with Crippen LogP contribution in [0.3, 0.4) is 0 Å². The maximum Gasteiger partial charge on any atom is 0.335 e. The Hall–Kier alpha value is -1.80. The van der Waals surface area contributed by atoms with Crippen molar-refractivity contribution in [2.45, 2.75) is 11.8 Å². The van der Waals surface area contributed by atoms with Crippen LogP contribution in [0.5, 0.6) is 5.75 Å². The third kappa shape index (κ3) is 5.34. The summed E-state index contributed by atoms with van der Waals surface area (Å²) in [5, 5.41) is 9.90. The maximum absolute atomic E-state index is 12.2. The summed E-state index contributed by atoms with van der Waals surface area (Å²) in [6.07, 6.45) is 0. The van der Waals surface area contributed by atoms with E-state index in [-0.39, 0.29) is 23.6 Å². The molecule has 0 heterocycles. The Morgan fingerprint density at radius 3 is 2.40 bits per heavy atom. The topological polar surface area (TPSA) is 92.7 Å². The molecule has 0 saturated heterocycles. The number of hydrogen-bond donors (Lipinski definition) is 2. The number of nitrogens with one attached hydrogen (secondary N) is 1. The lowest BCUT2D eigenvalue weighted by Gasteiger charge is -2.10. The molecule has 25 heavy (non-hydrogen) atoms. The highest BCUT2D eigenvalue weighted by Crippen LogP contribution is 2.24. The van der Waals surface area contributed by atoms with Crippen LogP contribution in [0.4, 0.5) is 0 Å². The molecule has 134 valence electrons. The number of aromatic carboxylic acids is 1. The Balaban J connectivity index is 2.00. The number of hydrogen-bond acceptors (Lipinski definition) is 4. The summed E-state index contributed by atoms with van der Waals surface area (Å²) in [7, 11) is -3.85. The highest BCUT2D eigenvalue weighted by Gasteiger charge is 2.17. The van der Waals surface area contributed by atoms with Gasteiger partial charge in [0, 0.05) is 16.6 Å². The van der Waals surface area contributed by atoms with Gasteiger partial charge in [-0.25, -0.2) is 17.9 Å². The van der Waals surface area contributed by atoms with E-state index < -0.39 is 16.0 Å². The number of halogens is 2. The second-order valence-electron chi connectivity index (χ2n) is 5.13. The summed E-state index contributed by atoms with van der Waals surface area (Å²) in [4.78, 5) is 11.0. The molecule has 0 spiro atoms. The summed E-state index contributed by atoms with van der Waals surface area (Å²) >= 11 is 11.7. The van der Waals surface area contributed by atoms with Crippen molar-refractivity contribution < 1.29 is 23.1 Å². The molecule has 0 bridgehead atoms. The van der Waals surface area contributed by atoms with Crippen molar-refractivity contribution in [3.63, 3.8) is 0 Å². The van der Waals surface area contributed by atoms with Crippen LogP contribution < -0.4 is 9.46 Å². The second-order valence-corrected chi connectivity index (χ2v) is 7.77. The largest absolute Gasteiger partial charge is 0.492 e. The van der Waals surface area contributed by atoms with Crippen molar-refractivity contribution in [2.24, 2.45) is 0 Å². The number of sulfonamides is 1. The van der Waals surface area contributed by atoms with E-state index in [1.165, 1.54) is 12.1 Å². The van der Waals surface area contributed by atoms with Gasteiger partial charge in [-0.3, -0.25) is 0 Å². The van der Waals surface area contributed by atoms with Crippen molar-refractivity contribution in [3.05, 3.63) is 57.6 Å². The lowest BCUT2D eigenvalue weighted by molar-refractivity contribution is 0.0696. The first kappa shape index (κ1) is 19.5. The Morgan fingerprint density at radius 2 is 1.80 bits per heavy atom. The van der Waals surface area contributed by atoms with Gasteiger partial charge in [0.1, 0.15) is 12.4 Å². The fraction of sp³-hybridized carbons (Fsp3) is 0.188. The minimum atomic E-state index is -3.85. The number of ether oxygens (including phenoxy) is 1. The zero-order valence-electron chi connectivity index (χ0n) is 13.1. The Kier molecular flexibility index (Phi) is 6.29. The monoisotopic (exact) mass is 403 g/mol. The molecule has 0 aliphatic carbocycles. The van der Waals surface area contributed by atoms with Crippen LogP contribution in [0, 0.1) is 6.92 Å². The summed E-state index contributed by atoms with van der Waals surface area (Å²) in [5.41, 5.74) is 0.417. The molecule has 0 atom stereocenters. The third-order valence-corrected chi connectivity index (χ3v) is 5.14. The molecule has 0 fully saturated rings. The van der Waals surface area contributed by atoms with E-state index in [1.807, 2.05) is 0 Å². The van der Waals surface area contributed by atoms with E-state index in [2.05, 4.69) is 4.72 Å². The number of carboxylic acids is 1. The molecule has 0 amide bonds. The molecule has 0 unspecified atom stereocenters. The smallest absolute Gasteiger partial charge is 0.335 e. The van der Waals surface area contributed by atoms with Gasteiger partial charge in [-0.15, -0.1) is 0 Å². The first-order valence-corrected chi connectivity index (χ1v) is 9.35. The van der Waals surface area contributed by atoms with Gasteiger partial charge in [-0.05, 0) is 42.8 Å². The zero-order valence-corrected chi connectivity index (χ0v) is 15.5. The lowest BCUT2D eigenvalue weighted by Crippen LogP contribution is -2.28. The molecule has 2 rings (SSSR count). The summed E-state index contributed by atoms with van der Waals surface area (Å²) in [5.74, 6) is -0.768. The number of rotatable bonds is 7. The maximum atomic E-state index is 12.2. The van der Waals surface area contributed by atoms with E-state index in [0.29, 0.717) is 21.4 Å².